The van der Waals surface area contributed by atoms with Crippen LogP contribution in [0.25, 0.3) is 0 Å². The fourth-order valence-electron chi connectivity index (χ4n) is 8.57. The molecule has 42 heteroatoms. The van der Waals surface area contributed by atoms with Crippen molar-refractivity contribution in [1.29, 1.82) is 0 Å². The van der Waals surface area contributed by atoms with Crippen LogP contribution in [0.5, 0.6) is 0 Å². The van der Waals surface area contributed by atoms with Crippen molar-refractivity contribution >= 4 is 291 Å². The average molecular weight is 1510 g/mol. The van der Waals surface area contributed by atoms with Crippen LogP contribution in [0.1, 0.15) is 47.0 Å². The molecule has 0 N–H and O–H groups in total. The van der Waals surface area contributed by atoms with Gasteiger partial charge in [-0.25, -0.2) is 4.79 Å². The lowest BCUT2D eigenvalue weighted by molar-refractivity contribution is -0.157. The van der Waals surface area contributed by atoms with Crippen LogP contribution >= 0.6 is 285 Å². The van der Waals surface area contributed by atoms with Crippen LogP contribution in [0.2, 0.25) is 0 Å². The minimum atomic E-state index is -1.09. The van der Waals surface area contributed by atoms with Crippen LogP contribution in [0.15, 0.2) is 23.3 Å². The van der Waals surface area contributed by atoms with Crippen LogP contribution in [-0.2, 0) is 27.6 Å². The Kier molecular flexibility index (Phi) is 34.0. The maximum atomic E-state index is 14.3. The number of carbonyl (C=O) groups is 1. The highest BCUT2D eigenvalue weighted by Gasteiger charge is 2.73. The lowest BCUT2D eigenvalue weighted by Crippen LogP contribution is -2.67. The summed E-state index contributed by atoms with van der Waals surface area (Å²) < 4.78 is 44.2. The first-order valence-electron chi connectivity index (χ1n) is 17.9. The van der Waals surface area contributed by atoms with Gasteiger partial charge in [0.25, 0.3) is 0 Å². The second-order valence-electron chi connectivity index (χ2n) is 15.2. The molecular formula is C21H65O7P35. The van der Waals surface area contributed by atoms with Crippen molar-refractivity contribution in [2.75, 3.05) is 0 Å². The standard InChI is InChI=1S/C21H65O7P35/c1-9-11(25-49(30)53(31)32)6-14(28-50(54(33)34)55(35)36)20(5)7-13(27-51(56(37)38)62(48-29)58(41)42)15-10(2)12(26-52(61(47)57(39)40)63(59(43)44)60(45)46)8-21(19(15,3)4)17(16(9)20)23-18(22)24-21/h11-14,16-17,48H,1,6-8,29-47H2,2-5H3/t11?,12?,13?,14?,16?,17?,20-,21?,49?,51?,52?,61?,62?/m1/s1. The Hall–Kier alpha value is 13.6. The van der Waals surface area contributed by atoms with E-state index in [0.29, 0.717) is 27.2 Å². The molecule has 1 saturated heterocycles. The molecule has 1 aliphatic heterocycles. The Bertz CT molecular complexity index is 1590. The minimum Gasteiger partial charge on any atom is -0.426 e. The number of fused-ring (bicyclic) bond motifs is 3. The summed E-state index contributed by atoms with van der Waals surface area (Å²) in [5.41, 5.74) is 1.05. The molecule has 2 saturated carbocycles. The van der Waals surface area contributed by atoms with E-state index in [9.17, 15) is 4.79 Å². The van der Waals surface area contributed by atoms with Crippen LogP contribution in [0, 0.1) is 16.7 Å². The summed E-state index contributed by atoms with van der Waals surface area (Å²) >= 11 is 0. The summed E-state index contributed by atoms with van der Waals surface area (Å²) in [6.07, 6.45) is -0.584. The molecular weight excluding hydrogens is 1450 g/mol. The van der Waals surface area contributed by atoms with Gasteiger partial charge >= 0.3 is 6.16 Å². The Morgan fingerprint density at radius 1 is 0.651 bits per heavy atom. The van der Waals surface area contributed by atoms with E-state index >= 15 is 0 Å². The number of ether oxygens (including phenoxy) is 2. The molecule has 3 fully saturated rings. The molecule has 0 radical (unpaired) electrons. The highest BCUT2D eigenvalue weighted by Crippen LogP contribution is 3.18. The second-order valence-corrected chi connectivity index (χ2v) is 137. The third kappa shape index (κ3) is 16.9. The van der Waals surface area contributed by atoms with Gasteiger partial charge < -0.3 is 27.6 Å². The molecule has 2 bridgehead atoms. The van der Waals surface area contributed by atoms with Gasteiger partial charge in [-0.2, -0.15) is 0 Å². The maximum Gasteiger partial charge on any atom is 0.509 e. The monoisotopic (exact) mass is 1510 g/mol. The average Bonchev–Trinajstić information content (AvgIpc) is 3.47. The zero-order valence-corrected chi connectivity index (χ0v) is 71.2. The molecule has 63 heavy (non-hydrogen) atoms. The van der Waals surface area contributed by atoms with Crippen molar-refractivity contribution in [3.05, 3.63) is 23.3 Å². The zero-order chi connectivity index (χ0) is 48.0. The van der Waals surface area contributed by atoms with Gasteiger partial charge in [0.05, 0.1) is 54.5 Å². The molecule has 0 aromatic heterocycles. The van der Waals surface area contributed by atoms with Gasteiger partial charge in [-0.05, 0) is 86.0 Å². The van der Waals surface area contributed by atoms with Crippen LogP contribution in [-0.4, -0.2) is 42.3 Å². The van der Waals surface area contributed by atoms with Crippen LogP contribution in [0.3, 0.4) is 0 Å². The Balaban J connectivity index is 2.14. The molecule has 7 nitrogen and oxygen atoms in total. The van der Waals surface area contributed by atoms with Gasteiger partial charge in [0.2, 0.25) is 0 Å². The molecule has 32 unspecified atom stereocenters. The largest absolute Gasteiger partial charge is 0.509 e. The van der Waals surface area contributed by atoms with E-state index in [4.69, 9.17) is 34.1 Å². The van der Waals surface area contributed by atoms with Gasteiger partial charge in [0.1, 0.15) is 0 Å². The normalized spacial score (nSPS) is 32.7. The van der Waals surface area contributed by atoms with Gasteiger partial charge in [0.15, 0.2) is 11.7 Å². The summed E-state index contributed by atoms with van der Waals surface area (Å²) in [6.45, 7) is 8.88. The molecule has 1 heterocycles. The Labute approximate surface area is 441 Å². The summed E-state index contributed by atoms with van der Waals surface area (Å²) in [4.78, 5) is 14.3. The first kappa shape index (κ1) is 69.1. The predicted molar refractivity (Wildman–Crippen MR) is 391 cm³/mol. The molecule has 4 rings (SSSR count). The van der Waals surface area contributed by atoms with E-state index in [1.165, 1.54) is 11.1 Å². The number of carbonyl (C=O) groups excluding carboxylic acids is 1. The van der Waals surface area contributed by atoms with Crippen molar-refractivity contribution < 1.29 is 32.4 Å². The van der Waals surface area contributed by atoms with Crippen molar-refractivity contribution in [3.8, 4) is 0 Å². The second kappa shape index (κ2) is 31.0. The quantitative estimate of drug-likeness (QED) is 0.0683. The Morgan fingerprint density at radius 3 is 1.65 bits per heavy atom. The van der Waals surface area contributed by atoms with Gasteiger partial charge in [-0.15, -0.1) is 152 Å². The lowest BCUT2D eigenvalue weighted by atomic mass is 9.48. The van der Waals surface area contributed by atoms with Crippen molar-refractivity contribution in [2.24, 2.45) is 16.7 Å². The number of hydrogen-bond donors (Lipinski definition) is 0. The fraction of sp³-hybridized carbons (Fsp3) is 0.762. The summed E-state index contributed by atoms with van der Waals surface area (Å²) in [6, 6.07) is 0. The highest BCUT2D eigenvalue weighted by molar-refractivity contribution is 9.19. The molecule has 366 valence electrons. The molecule has 33 atom stereocenters. The van der Waals surface area contributed by atoms with E-state index in [0.717, 1.165) is 5.57 Å². The van der Waals surface area contributed by atoms with E-state index < -0.39 is 136 Å². The smallest absolute Gasteiger partial charge is 0.426 e. The SMILES string of the molecule is C=C1C(OP(P)P(P)P)CC(OP(P(P)P)P(P)P)[C@@]2(C)CC(OP(P(P)P)P(PP)P(P)P)C3=C(C)C(OP(P(P)P(P)P)P(P(P)P)P(P)P)CC4(OC(=O)OC4C12)C3(C)C. The fourth-order valence-corrected chi connectivity index (χ4v) is 206. The van der Waals surface area contributed by atoms with Gasteiger partial charge in [-0.1, -0.05) is 53.2 Å². The third-order valence-corrected chi connectivity index (χ3v) is 166. The van der Waals surface area contributed by atoms with E-state index in [-0.39, 0.29) is 30.3 Å². The zero-order valence-electron chi connectivity index (χ0n) is 34.8. The molecule has 3 aliphatic carbocycles. The first-order chi connectivity index (χ1) is 29.0. The summed E-state index contributed by atoms with van der Waals surface area (Å²) in [5, 5.41) is 0. The first-order valence-corrected chi connectivity index (χ1v) is 78.2. The van der Waals surface area contributed by atoms with Crippen LogP contribution < -0.4 is 0 Å². The predicted octanol–water partition coefficient (Wildman–Crippen LogP) is 23.1. The highest BCUT2D eigenvalue weighted by atomic mass is 33.2. The lowest BCUT2D eigenvalue weighted by Gasteiger charge is -2.62. The van der Waals surface area contributed by atoms with Gasteiger partial charge in [0, 0.05) is 50.6 Å². The van der Waals surface area contributed by atoms with E-state index in [2.05, 4.69) is 197 Å². The summed E-state index contributed by atoms with van der Waals surface area (Å²) in [5.74, 6) is -0.349. The summed E-state index contributed by atoms with van der Waals surface area (Å²) in [7, 11) is 56.2. The molecule has 0 aromatic carbocycles. The van der Waals surface area contributed by atoms with Crippen molar-refractivity contribution in [3.63, 3.8) is 0 Å². The van der Waals surface area contributed by atoms with E-state index in [1.807, 2.05) is 0 Å². The number of hydrogen-bond acceptors (Lipinski definition) is 7. The number of rotatable bonds is 20. The topological polar surface area (TPSA) is 72.5 Å². The Morgan fingerprint density at radius 2 is 1.19 bits per heavy atom. The van der Waals surface area contributed by atoms with Gasteiger partial charge in [-0.3, -0.25) is 0 Å². The molecule has 0 aromatic rings. The van der Waals surface area contributed by atoms with Crippen LogP contribution in [0.4, 0.5) is 4.79 Å². The van der Waals surface area contributed by atoms with Crippen molar-refractivity contribution in [2.45, 2.75) is 83.1 Å². The molecule has 1 spiro atoms. The molecule has 0 amide bonds. The van der Waals surface area contributed by atoms with E-state index in [1.54, 1.807) is 0 Å². The van der Waals surface area contributed by atoms with Crippen molar-refractivity contribution in [1.82, 2.24) is 0 Å². The maximum absolute atomic E-state index is 14.3. The minimum absolute atomic E-state index is 0.232. The third-order valence-electron chi connectivity index (χ3n) is 11.2. The molecule has 4 aliphatic rings.